The van der Waals surface area contributed by atoms with Gasteiger partial charge in [0.15, 0.2) is 0 Å². The molecule has 0 spiro atoms. The number of hydrogen-bond donors (Lipinski definition) is 2. The molecule has 0 aliphatic carbocycles. The van der Waals surface area contributed by atoms with E-state index >= 15 is 0 Å². The van der Waals surface area contributed by atoms with Crippen LogP contribution in [0.15, 0.2) is 54.7 Å². The summed E-state index contributed by atoms with van der Waals surface area (Å²) in [6.07, 6.45) is 0.323. The predicted molar refractivity (Wildman–Crippen MR) is 114 cm³/mol. The topological polar surface area (TPSA) is 49.8 Å². The molecule has 4 nitrogen and oxygen atoms in total. The SMILES string of the molecule is CCCCc1ccc(Nc2ncc(C(F)(F)F)c(Nc3ccc(CC)cc3)n2)cc1. The summed E-state index contributed by atoms with van der Waals surface area (Å²) in [5.74, 6) is -0.194. The molecule has 2 N–H and O–H groups in total. The number of nitrogens with one attached hydrogen (secondary N) is 2. The van der Waals surface area contributed by atoms with Crippen molar-refractivity contribution < 1.29 is 13.2 Å². The van der Waals surface area contributed by atoms with Crippen molar-refractivity contribution in [3.8, 4) is 0 Å². The average molecular weight is 414 g/mol. The van der Waals surface area contributed by atoms with Gasteiger partial charge in [0.1, 0.15) is 11.4 Å². The van der Waals surface area contributed by atoms with Crippen molar-refractivity contribution in [2.24, 2.45) is 0 Å². The first-order valence-corrected chi connectivity index (χ1v) is 10.0. The fourth-order valence-corrected chi connectivity index (χ4v) is 2.97. The molecule has 1 heterocycles. The summed E-state index contributed by atoms with van der Waals surface area (Å²) in [6.45, 7) is 4.16. The number of aryl methyl sites for hydroxylation is 2. The second-order valence-corrected chi connectivity index (χ2v) is 7.05. The number of halogens is 3. The minimum Gasteiger partial charge on any atom is -0.340 e. The van der Waals surface area contributed by atoms with Crippen LogP contribution in [0.4, 0.5) is 36.3 Å². The van der Waals surface area contributed by atoms with Crippen molar-refractivity contribution in [3.63, 3.8) is 0 Å². The number of benzene rings is 2. The van der Waals surface area contributed by atoms with Crippen molar-refractivity contribution in [3.05, 3.63) is 71.4 Å². The fraction of sp³-hybridized carbons (Fsp3) is 0.304. The van der Waals surface area contributed by atoms with Gasteiger partial charge in [-0.2, -0.15) is 18.2 Å². The summed E-state index contributed by atoms with van der Waals surface area (Å²) in [5.41, 5.74) is 2.65. The van der Waals surface area contributed by atoms with Gasteiger partial charge < -0.3 is 10.6 Å². The van der Waals surface area contributed by atoms with Gasteiger partial charge in [0.05, 0.1) is 0 Å². The third-order valence-electron chi connectivity index (χ3n) is 4.75. The van der Waals surface area contributed by atoms with Crippen LogP contribution in [0.5, 0.6) is 0 Å². The molecular weight excluding hydrogens is 389 g/mol. The first-order valence-electron chi connectivity index (χ1n) is 10.0. The smallest absolute Gasteiger partial charge is 0.340 e. The molecule has 0 amide bonds. The molecular formula is C23H25F3N4. The zero-order chi connectivity index (χ0) is 21.6. The van der Waals surface area contributed by atoms with Crippen LogP contribution >= 0.6 is 0 Å². The lowest BCUT2D eigenvalue weighted by Gasteiger charge is -2.15. The molecule has 0 saturated heterocycles. The lowest BCUT2D eigenvalue weighted by atomic mass is 10.1. The van der Waals surface area contributed by atoms with Crippen LogP contribution in [-0.4, -0.2) is 9.97 Å². The average Bonchev–Trinajstić information content (AvgIpc) is 2.73. The Balaban J connectivity index is 1.82. The first-order chi connectivity index (χ1) is 14.4. The first kappa shape index (κ1) is 21.6. The highest BCUT2D eigenvalue weighted by molar-refractivity contribution is 5.63. The molecule has 0 unspecified atom stereocenters. The third-order valence-corrected chi connectivity index (χ3v) is 4.75. The summed E-state index contributed by atoms with van der Waals surface area (Å²) in [6, 6.07) is 15.0. The maximum atomic E-state index is 13.4. The number of rotatable bonds is 8. The summed E-state index contributed by atoms with van der Waals surface area (Å²) >= 11 is 0. The molecule has 7 heteroatoms. The van der Waals surface area contributed by atoms with Gasteiger partial charge in [-0.05, 0) is 54.7 Å². The Bertz CT molecular complexity index is 952. The van der Waals surface area contributed by atoms with E-state index in [0.29, 0.717) is 11.4 Å². The van der Waals surface area contributed by atoms with Crippen molar-refractivity contribution in [1.82, 2.24) is 9.97 Å². The Morgan fingerprint density at radius 2 is 1.43 bits per heavy atom. The van der Waals surface area contributed by atoms with Gasteiger partial charge in [-0.25, -0.2) is 4.98 Å². The van der Waals surface area contributed by atoms with Crippen molar-refractivity contribution in [2.45, 2.75) is 45.7 Å². The number of anilines is 4. The van der Waals surface area contributed by atoms with Crippen LogP contribution < -0.4 is 10.6 Å². The van der Waals surface area contributed by atoms with E-state index in [9.17, 15) is 13.2 Å². The van der Waals surface area contributed by atoms with Crippen LogP contribution in [-0.2, 0) is 19.0 Å². The molecule has 1 aromatic heterocycles. The molecule has 30 heavy (non-hydrogen) atoms. The van der Waals surface area contributed by atoms with E-state index in [-0.39, 0.29) is 11.8 Å². The highest BCUT2D eigenvalue weighted by Gasteiger charge is 2.35. The van der Waals surface area contributed by atoms with Crippen molar-refractivity contribution in [1.29, 1.82) is 0 Å². The molecule has 0 aliphatic heterocycles. The Morgan fingerprint density at radius 3 is 2.00 bits per heavy atom. The van der Waals surface area contributed by atoms with Crippen LogP contribution in [0, 0.1) is 0 Å². The molecule has 3 aromatic rings. The third kappa shape index (κ3) is 5.72. The van der Waals surface area contributed by atoms with E-state index in [1.807, 2.05) is 43.3 Å². The molecule has 158 valence electrons. The molecule has 0 aliphatic rings. The molecule has 0 bridgehead atoms. The number of unbranched alkanes of at least 4 members (excludes halogenated alkanes) is 1. The number of hydrogen-bond acceptors (Lipinski definition) is 4. The van der Waals surface area contributed by atoms with Gasteiger partial charge in [0, 0.05) is 17.6 Å². The fourth-order valence-electron chi connectivity index (χ4n) is 2.97. The van der Waals surface area contributed by atoms with Gasteiger partial charge in [-0.15, -0.1) is 0 Å². The minimum atomic E-state index is -4.56. The normalized spacial score (nSPS) is 11.4. The Labute approximate surface area is 174 Å². The highest BCUT2D eigenvalue weighted by atomic mass is 19.4. The Morgan fingerprint density at radius 1 is 0.833 bits per heavy atom. The molecule has 0 saturated carbocycles. The van der Waals surface area contributed by atoms with Gasteiger partial charge in [-0.1, -0.05) is 44.5 Å². The van der Waals surface area contributed by atoms with E-state index in [1.54, 1.807) is 12.1 Å². The zero-order valence-electron chi connectivity index (χ0n) is 17.1. The predicted octanol–water partition coefficient (Wildman–Crippen LogP) is 6.89. The molecule has 0 fully saturated rings. The lowest BCUT2D eigenvalue weighted by molar-refractivity contribution is -0.137. The molecule has 0 radical (unpaired) electrons. The largest absolute Gasteiger partial charge is 0.421 e. The second kappa shape index (κ2) is 9.61. The van der Waals surface area contributed by atoms with Crippen LogP contribution in [0.3, 0.4) is 0 Å². The maximum absolute atomic E-state index is 13.4. The summed E-state index contributed by atoms with van der Waals surface area (Å²) in [5, 5.41) is 5.76. The van der Waals surface area contributed by atoms with Crippen LogP contribution in [0.25, 0.3) is 0 Å². The monoisotopic (exact) mass is 414 g/mol. The van der Waals surface area contributed by atoms with Gasteiger partial charge >= 0.3 is 6.18 Å². The molecule has 3 rings (SSSR count). The van der Waals surface area contributed by atoms with E-state index in [4.69, 9.17) is 0 Å². The van der Waals surface area contributed by atoms with Crippen LogP contribution in [0.2, 0.25) is 0 Å². The van der Waals surface area contributed by atoms with E-state index < -0.39 is 11.7 Å². The highest BCUT2D eigenvalue weighted by Crippen LogP contribution is 2.35. The Hall–Kier alpha value is -3.09. The molecule has 2 aromatic carbocycles. The van der Waals surface area contributed by atoms with Crippen molar-refractivity contribution in [2.75, 3.05) is 10.6 Å². The minimum absolute atomic E-state index is 0.0944. The summed E-state index contributed by atoms with van der Waals surface area (Å²) in [7, 11) is 0. The van der Waals surface area contributed by atoms with E-state index in [2.05, 4.69) is 27.5 Å². The summed E-state index contributed by atoms with van der Waals surface area (Å²) < 4.78 is 40.3. The quantitative estimate of drug-likeness (QED) is 0.421. The number of alkyl halides is 3. The molecule has 0 atom stereocenters. The van der Waals surface area contributed by atoms with Gasteiger partial charge in [0.25, 0.3) is 0 Å². The lowest BCUT2D eigenvalue weighted by Crippen LogP contribution is -2.12. The standard InChI is InChI=1S/C23H25F3N4/c1-3-5-6-17-9-13-19(14-10-17)29-22-27-15-20(23(24,25)26)21(30-22)28-18-11-7-16(4-2)8-12-18/h7-15H,3-6H2,1-2H3,(H2,27,28,29,30). The number of nitrogens with zero attached hydrogens (tertiary/aromatic N) is 2. The second-order valence-electron chi connectivity index (χ2n) is 7.05. The maximum Gasteiger partial charge on any atom is 0.421 e. The van der Waals surface area contributed by atoms with Gasteiger partial charge in [-0.3, -0.25) is 0 Å². The van der Waals surface area contributed by atoms with E-state index in [1.165, 1.54) is 5.56 Å². The Kier molecular flexibility index (Phi) is 6.92. The zero-order valence-corrected chi connectivity index (χ0v) is 17.1. The summed E-state index contributed by atoms with van der Waals surface area (Å²) in [4.78, 5) is 7.95. The van der Waals surface area contributed by atoms with Gasteiger partial charge in [0.2, 0.25) is 5.95 Å². The number of aromatic nitrogens is 2. The van der Waals surface area contributed by atoms with Crippen molar-refractivity contribution >= 4 is 23.1 Å². The van der Waals surface area contributed by atoms with E-state index in [0.717, 1.165) is 37.4 Å². The van der Waals surface area contributed by atoms with Crippen LogP contribution in [0.1, 0.15) is 43.4 Å².